The molecular weight excluding hydrogens is 460 g/mol. The van der Waals surface area contributed by atoms with E-state index < -0.39 is 0 Å². The van der Waals surface area contributed by atoms with Crippen molar-refractivity contribution in [2.75, 3.05) is 18.5 Å². The van der Waals surface area contributed by atoms with E-state index in [0.717, 1.165) is 17.7 Å². The number of carbonyl (C=O) groups excluding carboxylic acids is 2. The minimum atomic E-state index is -0.238. The van der Waals surface area contributed by atoms with Gasteiger partial charge in [-0.2, -0.15) is 5.10 Å². The molecule has 0 aliphatic carbocycles. The largest absolute Gasteiger partial charge is 0.488 e. The molecule has 0 saturated carbocycles. The van der Waals surface area contributed by atoms with Crippen LogP contribution in [0, 0.1) is 6.92 Å². The van der Waals surface area contributed by atoms with Crippen LogP contribution in [0.2, 0.25) is 0 Å². The molecule has 0 spiro atoms. The van der Waals surface area contributed by atoms with Gasteiger partial charge >= 0.3 is 0 Å². The average molecular weight is 487 g/mol. The fourth-order valence-corrected chi connectivity index (χ4v) is 4.00. The average Bonchev–Trinajstić information content (AvgIpc) is 3.52. The lowest BCUT2D eigenvalue weighted by molar-refractivity contribution is -0.114. The molecule has 1 fully saturated rings. The summed E-state index contributed by atoms with van der Waals surface area (Å²) >= 11 is 0. The molecule has 1 unspecified atom stereocenters. The summed E-state index contributed by atoms with van der Waals surface area (Å²) in [6.07, 6.45) is 4.19. The third kappa shape index (κ3) is 5.18. The second-order valence-corrected chi connectivity index (χ2v) is 8.58. The van der Waals surface area contributed by atoms with Gasteiger partial charge in [0.1, 0.15) is 11.9 Å². The number of ether oxygens (including phenoxy) is 2. The summed E-state index contributed by atoms with van der Waals surface area (Å²) < 4.78 is 13.0. The van der Waals surface area contributed by atoms with E-state index in [4.69, 9.17) is 9.47 Å². The number of imidazole rings is 1. The van der Waals surface area contributed by atoms with Crippen molar-refractivity contribution in [2.45, 2.75) is 32.9 Å². The summed E-state index contributed by atoms with van der Waals surface area (Å²) in [6, 6.07) is 13.0. The molecule has 10 heteroatoms. The summed E-state index contributed by atoms with van der Waals surface area (Å²) in [5.41, 5.74) is 3.86. The van der Waals surface area contributed by atoms with Gasteiger partial charge in [-0.05, 0) is 31.2 Å². The maximum absolute atomic E-state index is 13.1. The lowest BCUT2D eigenvalue weighted by atomic mass is 10.1. The standard InChI is InChI=1S/C26H26N6O4/c1-16-21(26(34)28-12-18-5-3-4-6-23(18)36-20-9-10-35-15-20)11-19(13-27-16)22-7-8-25-30-24(29-17(2)33)14-32(25)31-22/h3-8,11,13-14,20H,9-10,12,15H2,1-2H3,(H,28,34)(H,29,33). The number of rotatable bonds is 7. The van der Waals surface area contributed by atoms with E-state index in [1.165, 1.54) is 6.92 Å². The molecule has 36 heavy (non-hydrogen) atoms. The summed E-state index contributed by atoms with van der Waals surface area (Å²) in [7, 11) is 0. The minimum absolute atomic E-state index is 0.0274. The van der Waals surface area contributed by atoms with Gasteiger partial charge in [0.2, 0.25) is 5.91 Å². The van der Waals surface area contributed by atoms with Crippen molar-refractivity contribution in [3.8, 4) is 17.0 Å². The Morgan fingerprint density at radius 1 is 1.22 bits per heavy atom. The molecule has 2 amide bonds. The molecule has 0 radical (unpaired) electrons. The van der Waals surface area contributed by atoms with Crippen LogP contribution in [-0.2, 0) is 16.1 Å². The lowest BCUT2D eigenvalue weighted by Crippen LogP contribution is -2.25. The minimum Gasteiger partial charge on any atom is -0.488 e. The topological polar surface area (TPSA) is 120 Å². The summed E-state index contributed by atoms with van der Waals surface area (Å²) in [5, 5.41) is 10.2. The van der Waals surface area contributed by atoms with Crippen LogP contribution >= 0.6 is 0 Å². The highest BCUT2D eigenvalue weighted by molar-refractivity contribution is 5.96. The number of anilines is 1. The van der Waals surface area contributed by atoms with Crippen molar-refractivity contribution in [3.63, 3.8) is 0 Å². The van der Waals surface area contributed by atoms with Crippen molar-refractivity contribution in [3.05, 3.63) is 71.7 Å². The molecule has 5 rings (SSSR count). The highest BCUT2D eigenvalue weighted by atomic mass is 16.5. The number of nitrogens with zero attached hydrogens (tertiary/aromatic N) is 4. The van der Waals surface area contributed by atoms with E-state index in [-0.39, 0.29) is 17.9 Å². The van der Waals surface area contributed by atoms with Crippen LogP contribution in [0.3, 0.4) is 0 Å². The number of hydrogen-bond donors (Lipinski definition) is 2. The van der Waals surface area contributed by atoms with Crippen LogP contribution in [0.25, 0.3) is 16.9 Å². The first-order valence-corrected chi connectivity index (χ1v) is 11.7. The van der Waals surface area contributed by atoms with Crippen LogP contribution in [-0.4, -0.2) is 50.7 Å². The third-order valence-electron chi connectivity index (χ3n) is 5.84. The molecule has 1 aromatic carbocycles. The number of aromatic nitrogens is 4. The zero-order valence-corrected chi connectivity index (χ0v) is 20.0. The van der Waals surface area contributed by atoms with Crippen molar-refractivity contribution in [2.24, 2.45) is 0 Å². The molecule has 4 heterocycles. The van der Waals surface area contributed by atoms with Gasteiger partial charge in [0.25, 0.3) is 5.91 Å². The van der Waals surface area contributed by atoms with Gasteiger partial charge in [0.15, 0.2) is 11.5 Å². The van der Waals surface area contributed by atoms with Crippen LogP contribution in [0.1, 0.15) is 35.0 Å². The SMILES string of the molecule is CC(=O)Nc1cn2nc(-c3cnc(C)c(C(=O)NCc4ccccc4OC4CCOC4)c3)ccc2n1. The Hall–Kier alpha value is -4.31. The maximum Gasteiger partial charge on any atom is 0.253 e. The number of amides is 2. The van der Waals surface area contributed by atoms with E-state index >= 15 is 0 Å². The number of fused-ring (bicyclic) bond motifs is 1. The van der Waals surface area contributed by atoms with Gasteiger partial charge in [0, 0.05) is 37.2 Å². The van der Waals surface area contributed by atoms with Gasteiger partial charge in [-0.15, -0.1) is 0 Å². The van der Waals surface area contributed by atoms with E-state index in [2.05, 4.69) is 25.7 Å². The quantitative estimate of drug-likeness (QED) is 0.412. The van der Waals surface area contributed by atoms with Crippen LogP contribution < -0.4 is 15.4 Å². The number of para-hydroxylation sites is 1. The molecular formula is C26H26N6O4. The zero-order chi connectivity index (χ0) is 25.1. The van der Waals surface area contributed by atoms with E-state index in [1.807, 2.05) is 24.3 Å². The van der Waals surface area contributed by atoms with E-state index in [9.17, 15) is 9.59 Å². The molecule has 1 aliphatic heterocycles. The molecule has 4 aromatic rings. The molecule has 2 N–H and O–H groups in total. The molecule has 10 nitrogen and oxygen atoms in total. The Labute approximate surface area is 207 Å². The molecule has 1 aliphatic rings. The van der Waals surface area contributed by atoms with Gasteiger partial charge in [-0.25, -0.2) is 9.50 Å². The van der Waals surface area contributed by atoms with Gasteiger partial charge in [0.05, 0.1) is 36.4 Å². The van der Waals surface area contributed by atoms with Crippen LogP contribution in [0.5, 0.6) is 5.75 Å². The van der Waals surface area contributed by atoms with Crippen molar-refractivity contribution in [1.29, 1.82) is 0 Å². The molecule has 1 atom stereocenters. The predicted octanol–water partition coefficient (Wildman–Crippen LogP) is 3.16. The maximum atomic E-state index is 13.1. The van der Waals surface area contributed by atoms with Gasteiger partial charge in [-0.1, -0.05) is 18.2 Å². The number of pyridine rings is 1. The molecule has 3 aromatic heterocycles. The van der Waals surface area contributed by atoms with E-state index in [1.54, 1.807) is 42.0 Å². The molecule has 1 saturated heterocycles. The van der Waals surface area contributed by atoms with Crippen molar-refractivity contribution < 1.29 is 19.1 Å². The Kier molecular flexibility index (Phi) is 6.59. The number of aryl methyl sites for hydroxylation is 1. The first-order chi connectivity index (χ1) is 17.5. The van der Waals surface area contributed by atoms with E-state index in [0.29, 0.717) is 53.7 Å². The number of carbonyl (C=O) groups is 2. The lowest BCUT2D eigenvalue weighted by Gasteiger charge is -2.16. The fraction of sp³-hybridized carbons (Fsp3) is 0.269. The van der Waals surface area contributed by atoms with Crippen molar-refractivity contribution >= 4 is 23.3 Å². The summed E-state index contributed by atoms with van der Waals surface area (Å²) in [5.74, 6) is 0.712. The zero-order valence-electron chi connectivity index (χ0n) is 20.0. The molecule has 0 bridgehead atoms. The third-order valence-corrected chi connectivity index (χ3v) is 5.84. The van der Waals surface area contributed by atoms with Gasteiger partial charge in [-0.3, -0.25) is 14.6 Å². The van der Waals surface area contributed by atoms with Crippen LogP contribution in [0.15, 0.2) is 54.9 Å². The second-order valence-electron chi connectivity index (χ2n) is 8.58. The van der Waals surface area contributed by atoms with Gasteiger partial charge < -0.3 is 20.1 Å². The summed E-state index contributed by atoms with van der Waals surface area (Å²) in [6.45, 7) is 4.81. The van der Waals surface area contributed by atoms with Crippen molar-refractivity contribution in [1.82, 2.24) is 24.9 Å². The first kappa shape index (κ1) is 23.4. The summed E-state index contributed by atoms with van der Waals surface area (Å²) in [4.78, 5) is 33.2. The highest BCUT2D eigenvalue weighted by Gasteiger charge is 2.19. The number of hydrogen-bond acceptors (Lipinski definition) is 7. The molecule has 184 valence electrons. The Morgan fingerprint density at radius 3 is 2.89 bits per heavy atom. The fourth-order valence-electron chi connectivity index (χ4n) is 4.00. The first-order valence-electron chi connectivity index (χ1n) is 11.7. The monoisotopic (exact) mass is 486 g/mol. The Balaban J connectivity index is 1.33. The highest BCUT2D eigenvalue weighted by Crippen LogP contribution is 2.23. The smallest absolute Gasteiger partial charge is 0.253 e. The normalized spacial score (nSPS) is 15.1. The second kappa shape index (κ2) is 10.1. The number of benzene rings is 1. The Bertz CT molecular complexity index is 1430. The predicted molar refractivity (Wildman–Crippen MR) is 133 cm³/mol. The number of nitrogens with one attached hydrogen (secondary N) is 2. The van der Waals surface area contributed by atoms with Crippen LogP contribution in [0.4, 0.5) is 5.82 Å². The Morgan fingerprint density at radius 2 is 2.08 bits per heavy atom.